The molecule has 0 aliphatic carbocycles. The van der Waals surface area contributed by atoms with Crippen LogP contribution in [0.15, 0.2) is 23.6 Å². The molecule has 0 aliphatic rings. The van der Waals surface area contributed by atoms with Crippen LogP contribution in [0.4, 0.5) is 0 Å². The van der Waals surface area contributed by atoms with Crippen LogP contribution in [0.5, 0.6) is 0 Å². The molecule has 0 aromatic carbocycles. The van der Waals surface area contributed by atoms with E-state index in [2.05, 4.69) is 41.3 Å². The van der Waals surface area contributed by atoms with E-state index >= 15 is 0 Å². The Hall–Kier alpha value is -1.00. The Morgan fingerprint density at radius 1 is 1.47 bits per heavy atom. The lowest BCUT2D eigenvalue weighted by Crippen LogP contribution is -2.03. The van der Waals surface area contributed by atoms with Crippen molar-refractivity contribution in [3.63, 3.8) is 0 Å². The molecule has 0 amide bonds. The van der Waals surface area contributed by atoms with Crippen molar-refractivity contribution in [1.29, 1.82) is 0 Å². The number of nitrogens with zero attached hydrogens (tertiary/aromatic N) is 1. The van der Waals surface area contributed by atoms with Gasteiger partial charge in [0, 0.05) is 17.0 Å². The van der Waals surface area contributed by atoms with Crippen molar-refractivity contribution in [3.8, 4) is 0 Å². The van der Waals surface area contributed by atoms with Crippen LogP contribution in [-0.2, 0) is 12.8 Å². The van der Waals surface area contributed by atoms with E-state index in [1.807, 2.05) is 6.07 Å². The van der Waals surface area contributed by atoms with Crippen molar-refractivity contribution in [3.05, 3.63) is 44.6 Å². The molecular formula is C13H16N2S2. The lowest BCUT2D eigenvalue weighted by Gasteiger charge is -2.07. The predicted molar refractivity (Wildman–Crippen MR) is 75.1 cm³/mol. The highest BCUT2D eigenvalue weighted by molar-refractivity contribution is 7.71. The molecule has 0 bridgehead atoms. The van der Waals surface area contributed by atoms with Crippen LogP contribution in [0.3, 0.4) is 0 Å². The van der Waals surface area contributed by atoms with Crippen molar-refractivity contribution in [1.82, 2.24) is 9.97 Å². The number of aromatic amines is 1. The van der Waals surface area contributed by atoms with Crippen LogP contribution in [-0.4, -0.2) is 9.97 Å². The van der Waals surface area contributed by atoms with Crippen molar-refractivity contribution < 1.29 is 0 Å². The van der Waals surface area contributed by atoms with E-state index < -0.39 is 0 Å². The monoisotopic (exact) mass is 264 g/mol. The van der Waals surface area contributed by atoms with Crippen LogP contribution < -0.4 is 0 Å². The van der Waals surface area contributed by atoms with Gasteiger partial charge in [-0.15, -0.1) is 11.3 Å². The molecule has 0 saturated heterocycles. The first-order chi connectivity index (χ1) is 8.13. The van der Waals surface area contributed by atoms with E-state index in [4.69, 9.17) is 12.2 Å². The quantitative estimate of drug-likeness (QED) is 0.846. The van der Waals surface area contributed by atoms with Crippen LogP contribution in [0.2, 0.25) is 0 Å². The molecule has 0 fully saturated rings. The summed E-state index contributed by atoms with van der Waals surface area (Å²) in [7, 11) is 0. The SMILES string of the molecule is CC(C)Cc1cc(=S)nc(Cc2cccs2)[nH]1. The maximum absolute atomic E-state index is 5.21. The zero-order chi connectivity index (χ0) is 12.3. The number of rotatable bonds is 4. The molecule has 2 nitrogen and oxygen atoms in total. The summed E-state index contributed by atoms with van der Waals surface area (Å²) >= 11 is 6.96. The number of aromatic nitrogens is 2. The fourth-order valence-corrected chi connectivity index (χ4v) is 2.74. The third-order valence-electron chi connectivity index (χ3n) is 2.40. The zero-order valence-corrected chi connectivity index (χ0v) is 11.7. The number of nitrogens with one attached hydrogen (secondary N) is 1. The fourth-order valence-electron chi connectivity index (χ4n) is 1.78. The van der Waals surface area contributed by atoms with E-state index in [0.717, 1.165) is 18.7 Å². The maximum Gasteiger partial charge on any atom is 0.130 e. The van der Waals surface area contributed by atoms with Crippen molar-refractivity contribution in [2.45, 2.75) is 26.7 Å². The highest BCUT2D eigenvalue weighted by atomic mass is 32.1. The Labute approximate surface area is 111 Å². The van der Waals surface area contributed by atoms with Gasteiger partial charge in [0.25, 0.3) is 0 Å². The smallest absolute Gasteiger partial charge is 0.130 e. The number of thiophene rings is 1. The van der Waals surface area contributed by atoms with E-state index in [1.54, 1.807) is 11.3 Å². The topological polar surface area (TPSA) is 28.7 Å². The second-order valence-electron chi connectivity index (χ2n) is 4.55. The minimum atomic E-state index is 0.623. The summed E-state index contributed by atoms with van der Waals surface area (Å²) in [6, 6.07) is 6.15. The molecule has 2 aromatic rings. The van der Waals surface area contributed by atoms with Gasteiger partial charge in [0.05, 0.1) is 0 Å². The summed E-state index contributed by atoms with van der Waals surface area (Å²) in [6.07, 6.45) is 1.86. The van der Waals surface area contributed by atoms with Gasteiger partial charge in [-0.1, -0.05) is 32.1 Å². The van der Waals surface area contributed by atoms with Gasteiger partial charge in [0.15, 0.2) is 0 Å². The summed E-state index contributed by atoms with van der Waals surface area (Å²) in [5.74, 6) is 1.59. The Kier molecular flexibility index (Phi) is 4.07. The second kappa shape index (κ2) is 5.56. The Balaban J connectivity index is 2.22. The molecule has 2 aromatic heterocycles. The summed E-state index contributed by atoms with van der Waals surface area (Å²) in [4.78, 5) is 9.08. The minimum Gasteiger partial charge on any atom is -0.347 e. The third-order valence-corrected chi connectivity index (χ3v) is 3.48. The first kappa shape index (κ1) is 12.5. The van der Waals surface area contributed by atoms with Crippen LogP contribution >= 0.6 is 23.6 Å². The Morgan fingerprint density at radius 2 is 2.29 bits per heavy atom. The fraction of sp³-hybridized carbons (Fsp3) is 0.385. The van der Waals surface area contributed by atoms with Gasteiger partial charge < -0.3 is 4.98 Å². The molecule has 0 radical (unpaired) electrons. The van der Waals surface area contributed by atoms with Gasteiger partial charge in [0.1, 0.15) is 10.5 Å². The molecular weight excluding hydrogens is 248 g/mol. The minimum absolute atomic E-state index is 0.623. The molecule has 90 valence electrons. The van der Waals surface area contributed by atoms with Crippen molar-refractivity contribution >= 4 is 23.6 Å². The summed E-state index contributed by atoms with van der Waals surface area (Å²) in [5, 5.41) is 2.09. The van der Waals surface area contributed by atoms with Crippen LogP contribution in [0, 0.1) is 10.6 Å². The van der Waals surface area contributed by atoms with Crippen LogP contribution in [0.1, 0.15) is 30.2 Å². The molecule has 2 heterocycles. The van der Waals surface area contributed by atoms with Gasteiger partial charge >= 0.3 is 0 Å². The average molecular weight is 264 g/mol. The van der Waals surface area contributed by atoms with Crippen molar-refractivity contribution in [2.24, 2.45) is 5.92 Å². The van der Waals surface area contributed by atoms with E-state index in [-0.39, 0.29) is 0 Å². The highest BCUT2D eigenvalue weighted by Gasteiger charge is 2.03. The van der Waals surface area contributed by atoms with Gasteiger partial charge in [-0.25, -0.2) is 4.98 Å². The molecule has 1 N–H and O–H groups in total. The van der Waals surface area contributed by atoms with Gasteiger partial charge in [-0.2, -0.15) is 0 Å². The predicted octanol–water partition coefficient (Wildman–Crippen LogP) is 3.99. The second-order valence-corrected chi connectivity index (χ2v) is 6.00. The Morgan fingerprint density at radius 3 is 2.94 bits per heavy atom. The molecule has 0 saturated carbocycles. The largest absolute Gasteiger partial charge is 0.347 e. The first-order valence-corrected chi connectivity index (χ1v) is 7.04. The van der Waals surface area contributed by atoms with Gasteiger partial charge in [-0.3, -0.25) is 0 Å². The normalized spacial score (nSPS) is 11.0. The highest BCUT2D eigenvalue weighted by Crippen LogP contribution is 2.13. The average Bonchev–Trinajstić information content (AvgIpc) is 2.67. The molecule has 4 heteroatoms. The van der Waals surface area contributed by atoms with Gasteiger partial charge in [0.2, 0.25) is 0 Å². The molecule has 0 spiro atoms. The number of H-pyrrole nitrogens is 1. The summed E-state index contributed by atoms with van der Waals surface area (Å²) in [6.45, 7) is 4.41. The third kappa shape index (κ3) is 3.75. The molecule has 0 unspecified atom stereocenters. The summed E-state index contributed by atoms with van der Waals surface area (Å²) in [5.41, 5.74) is 1.19. The molecule has 17 heavy (non-hydrogen) atoms. The van der Waals surface area contributed by atoms with Gasteiger partial charge in [-0.05, 0) is 29.9 Å². The molecule has 0 atom stereocenters. The van der Waals surface area contributed by atoms with Crippen molar-refractivity contribution in [2.75, 3.05) is 0 Å². The van der Waals surface area contributed by atoms with E-state index in [9.17, 15) is 0 Å². The zero-order valence-electron chi connectivity index (χ0n) is 10.1. The van der Waals surface area contributed by atoms with E-state index in [1.165, 1.54) is 10.6 Å². The lowest BCUT2D eigenvalue weighted by molar-refractivity contribution is 0.630. The Bertz CT molecular complexity index is 527. The maximum atomic E-state index is 5.21. The van der Waals surface area contributed by atoms with Crippen LogP contribution in [0.25, 0.3) is 0 Å². The first-order valence-electron chi connectivity index (χ1n) is 5.75. The number of hydrogen-bond acceptors (Lipinski definition) is 3. The standard InChI is InChI=1S/C13H16N2S2/c1-9(2)6-10-7-13(16)15-12(14-10)8-11-4-3-5-17-11/h3-5,7,9H,6,8H2,1-2H3,(H,14,15,16). The van der Waals surface area contributed by atoms with E-state index in [0.29, 0.717) is 10.6 Å². The molecule has 2 rings (SSSR count). The number of hydrogen-bond donors (Lipinski definition) is 1. The lowest BCUT2D eigenvalue weighted by atomic mass is 10.1. The summed E-state index contributed by atoms with van der Waals surface area (Å²) < 4.78 is 0.686. The molecule has 0 aliphatic heterocycles.